The minimum atomic E-state index is -4.09. The number of rotatable bonds is 12. The molecule has 13 heteroatoms. The third-order valence-corrected chi connectivity index (χ3v) is 8.29. The van der Waals surface area contributed by atoms with Gasteiger partial charge in [-0.05, 0) is 49.1 Å². The number of hydrogen-bond donors (Lipinski definition) is 2. The fraction of sp³-hybridized carbons (Fsp3) is 0.385. The highest BCUT2D eigenvalue weighted by atomic mass is 32.2. The molecule has 0 saturated heterocycles. The van der Waals surface area contributed by atoms with Crippen LogP contribution in [-0.4, -0.2) is 52.8 Å². The number of ether oxygens (including phenoxy) is 3. The van der Waals surface area contributed by atoms with Crippen LogP contribution in [-0.2, 0) is 25.5 Å². The van der Waals surface area contributed by atoms with Gasteiger partial charge in [0.25, 0.3) is 15.9 Å². The minimum Gasteiger partial charge on any atom is -0.493 e. The third kappa shape index (κ3) is 8.04. The van der Waals surface area contributed by atoms with E-state index in [1.165, 1.54) is 26.2 Å². The molecular formula is C26H34N4O7S2. The molecule has 2 N–H and O–H groups in total. The van der Waals surface area contributed by atoms with E-state index in [0.717, 1.165) is 5.56 Å². The summed E-state index contributed by atoms with van der Waals surface area (Å²) < 4.78 is 72.2. The fourth-order valence-corrected chi connectivity index (χ4v) is 4.98. The third-order valence-electron chi connectivity index (χ3n) is 5.53. The summed E-state index contributed by atoms with van der Waals surface area (Å²) in [4.78, 5) is 8.58. The van der Waals surface area contributed by atoms with Crippen molar-refractivity contribution in [3.63, 3.8) is 0 Å². The molecule has 11 nitrogen and oxygen atoms in total. The van der Waals surface area contributed by atoms with Gasteiger partial charge in [-0.25, -0.2) is 26.5 Å². The van der Waals surface area contributed by atoms with E-state index < -0.39 is 20.0 Å². The molecule has 0 bridgehead atoms. The first-order valence-corrected chi connectivity index (χ1v) is 15.3. The highest BCUT2D eigenvalue weighted by Gasteiger charge is 2.25. The van der Waals surface area contributed by atoms with E-state index in [0.29, 0.717) is 5.75 Å². The largest absolute Gasteiger partial charge is 0.493 e. The van der Waals surface area contributed by atoms with Crippen molar-refractivity contribution < 1.29 is 31.0 Å². The average Bonchev–Trinajstić information content (AvgIpc) is 2.88. The van der Waals surface area contributed by atoms with Crippen molar-refractivity contribution in [1.82, 2.24) is 14.7 Å². The molecule has 0 aliphatic heterocycles. The van der Waals surface area contributed by atoms with E-state index in [-0.39, 0.29) is 58.2 Å². The van der Waals surface area contributed by atoms with Gasteiger partial charge < -0.3 is 14.2 Å². The Kier molecular flexibility index (Phi) is 9.41. The Hall–Kier alpha value is -3.42. The maximum Gasteiger partial charge on any atom is 0.263 e. The van der Waals surface area contributed by atoms with Crippen LogP contribution in [0, 0.1) is 6.92 Å². The van der Waals surface area contributed by atoms with Crippen LogP contribution in [0.1, 0.15) is 39.1 Å². The summed E-state index contributed by atoms with van der Waals surface area (Å²) in [5.41, 5.74) is 0.834. The number of aryl methyl sites for hydroxylation is 1. The van der Waals surface area contributed by atoms with Gasteiger partial charge in [0.15, 0.2) is 17.3 Å². The number of benzene rings is 2. The minimum absolute atomic E-state index is 0.0332. The number of para-hydroxylation sites is 2. The zero-order valence-electron chi connectivity index (χ0n) is 22.8. The standard InChI is InChI=1S/C26H34N4O7S2/c1-7-38(31,32)27-16-17-36-25-23(37-22-11-9-8-10-21(22)35-6)24(28-18(2)29-25)30-39(33,34)20-14-12-19(13-15-20)26(3,4)5/h8-15,27H,7,16-17H2,1-6H3,(H,28,29,30). The lowest BCUT2D eigenvalue weighted by molar-refractivity contribution is 0.291. The van der Waals surface area contributed by atoms with Gasteiger partial charge in [-0.3, -0.25) is 4.72 Å². The van der Waals surface area contributed by atoms with Crippen molar-refractivity contribution in [3.8, 4) is 23.1 Å². The number of nitrogens with zero attached hydrogens (tertiary/aromatic N) is 2. The van der Waals surface area contributed by atoms with E-state index in [1.54, 1.807) is 43.3 Å². The summed E-state index contributed by atoms with van der Waals surface area (Å²) in [6.45, 7) is 9.06. The maximum atomic E-state index is 13.3. The van der Waals surface area contributed by atoms with Crippen LogP contribution in [0.4, 0.5) is 5.82 Å². The lowest BCUT2D eigenvalue weighted by atomic mass is 9.87. The van der Waals surface area contributed by atoms with E-state index in [4.69, 9.17) is 14.2 Å². The van der Waals surface area contributed by atoms with Crippen molar-refractivity contribution >= 4 is 25.9 Å². The number of aromatic nitrogens is 2. The monoisotopic (exact) mass is 578 g/mol. The molecule has 0 fully saturated rings. The summed E-state index contributed by atoms with van der Waals surface area (Å²) >= 11 is 0. The van der Waals surface area contributed by atoms with Crippen LogP contribution < -0.4 is 23.7 Å². The van der Waals surface area contributed by atoms with Crippen molar-refractivity contribution in [2.24, 2.45) is 0 Å². The number of sulfonamides is 2. The van der Waals surface area contributed by atoms with E-state index in [2.05, 4.69) is 19.4 Å². The Balaban J connectivity index is 2.00. The van der Waals surface area contributed by atoms with Crippen LogP contribution in [0.15, 0.2) is 53.4 Å². The predicted molar refractivity (Wildman–Crippen MR) is 149 cm³/mol. The molecule has 1 heterocycles. The van der Waals surface area contributed by atoms with Crippen LogP contribution in [0.25, 0.3) is 0 Å². The molecular weight excluding hydrogens is 544 g/mol. The lowest BCUT2D eigenvalue weighted by Gasteiger charge is -2.20. The van der Waals surface area contributed by atoms with Crippen LogP contribution in [0.5, 0.6) is 23.1 Å². The molecule has 212 valence electrons. The maximum absolute atomic E-state index is 13.3. The second-order valence-electron chi connectivity index (χ2n) is 9.53. The van der Waals surface area contributed by atoms with Gasteiger partial charge in [-0.2, -0.15) is 4.98 Å². The highest BCUT2D eigenvalue weighted by molar-refractivity contribution is 7.92. The van der Waals surface area contributed by atoms with E-state index in [9.17, 15) is 16.8 Å². The second kappa shape index (κ2) is 12.2. The van der Waals surface area contributed by atoms with Gasteiger partial charge in [0.1, 0.15) is 12.4 Å². The topological polar surface area (TPSA) is 146 Å². The first-order valence-electron chi connectivity index (χ1n) is 12.2. The zero-order chi connectivity index (χ0) is 28.8. The molecule has 0 atom stereocenters. The fourth-order valence-electron chi connectivity index (χ4n) is 3.38. The summed E-state index contributed by atoms with van der Waals surface area (Å²) in [6, 6.07) is 13.3. The molecule has 0 amide bonds. The van der Waals surface area contributed by atoms with Crippen LogP contribution in [0.2, 0.25) is 0 Å². The van der Waals surface area contributed by atoms with Crippen molar-refractivity contribution in [3.05, 3.63) is 59.9 Å². The zero-order valence-corrected chi connectivity index (χ0v) is 24.4. The molecule has 0 aliphatic rings. The summed E-state index contributed by atoms with van der Waals surface area (Å²) in [7, 11) is -6.05. The first kappa shape index (κ1) is 30.1. The normalized spacial score (nSPS) is 12.2. The van der Waals surface area contributed by atoms with E-state index in [1.807, 2.05) is 20.8 Å². The molecule has 2 aromatic carbocycles. The Bertz CT molecular complexity index is 1500. The van der Waals surface area contributed by atoms with Crippen molar-refractivity contribution in [2.45, 2.75) is 44.9 Å². The van der Waals surface area contributed by atoms with Crippen molar-refractivity contribution in [2.75, 3.05) is 30.7 Å². The lowest BCUT2D eigenvalue weighted by Crippen LogP contribution is -2.29. The molecule has 0 radical (unpaired) electrons. The number of nitrogens with one attached hydrogen (secondary N) is 2. The van der Waals surface area contributed by atoms with Crippen LogP contribution in [0.3, 0.4) is 0 Å². The molecule has 0 unspecified atom stereocenters. The van der Waals surface area contributed by atoms with E-state index >= 15 is 0 Å². The molecule has 0 saturated carbocycles. The Morgan fingerprint density at radius 2 is 1.56 bits per heavy atom. The quantitative estimate of drug-likeness (QED) is 0.305. The van der Waals surface area contributed by atoms with Gasteiger partial charge >= 0.3 is 0 Å². The average molecular weight is 579 g/mol. The van der Waals surface area contributed by atoms with Crippen molar-refractivity contribution in [1.29, 1.82) is 0 Å². The summed E-state index contributed by atoms with van der Waals surface area (Å²) in [5, 5.41) is 0. The Labute approximate surface area is 230 Å². The molecule has 39 heavy (non-hydrogen) atoms. The molecule has 3 aromatic rings. The van der Waals surface area contributed by atoms with Gasteiger partial charge in [-0.1, -0.05) is 45.0 Å². The molecule has 0 aliphatic carbocycles. The number of anilines is 1. The summed E-state index contributed by atoms with van der Waals surface area (Å²) in [5.74, 6) is 0.419. The number of hydrogen-bond acceptors (Lipinski definition) is 9. The predicted octanol–water partition coefficient (Wildman–Crippen LogP) is 4.00. The molecule has 0 spiro atoms. The Morgan fingerprint density at radius 3 is 2.15 bits per heavy atom. The highest BCUT2D eigenvalue weighted by Crippen LogP contribution is 2.40. The van der Waals surface area contributed by atoms with Gasteiger partial charge in [0, 0.05) is 6.54 Å². The van der Waals surface area contributed by atoms with Gasteiger partial charge in [-0.15, -0.1) is 0 Å². The first-order chi connectivity index (χ1) is 18.3. The number of methoxy groups -OCH3 is 1. The SMILES string of the molecule is CCS(=O)(=O)NCCOc1nc(C)nc(NS(=O)(=O)c2ccc(C(C)(C)C)cc2)c1Oc1ccccc1OC. The summed E-state index contributed by atoms with van der Waals surface area (Å²) in [6.07, 6.45) is 0. The second-order valence-corrected chi connectivity index (χ2v) is 13.3. The van der Waals surface area contributed by atoms with Crippen LogP contribution >= 0.6 is 0 Å². The van der Waals surface area contributed by atoms with Gasteiger partial charge in [0.05, 0.1) is 17.8 Å². The molecule has 1 aromatic heterocycles. The van der Waals surface area contributed by atoms with Gasteiger partial charge in [0.2, 0.25) is 15.8 Å². The smallest absolute Gasteiger partial charge is 0.263 e. The Morgan fingerprint density at radius 1 is 0.923 bits per heavy atom. The molecule has 3 rings (SSSR count).